The van der Waals surface area contributed by atoms with Crippen molar-refractivity contribution >= 4 is 21.8 Å². The molecule has 0 aliphatic carbocycles. The van der Waals surface area contributed by atoms with E-state index in [2.05, 4.69) is 28.0 Å². The van der Waals surface area contributed by atoms with E-state index in [4.69, 9.17) is 15.7 Å². The van der Waals surface area contributed by atoms with Crippen LogP contribution in [0.15, 0.2) is 52.1 Å². The minimum Gasteiger partial charge on any atom is -0.457 e. The summed E-state index contributed by atoms with van der Waals surface area (Å²) in [6.07, 6.45) is 2.16. The highest BCUT2D eigenvalue weighted by molar-refractivity contribution is 9.10. The molecule has 0 fully saturated rings. The molecule has 0 saturated carbocycles. The predicted molar refractivity (Wildman–Crippen MR) is 87.2 cm³/mol. The van der Waals surface area contributed by atoms with Crippen molar-refractivity contribution in [2.45, 2.75) is 19.8 Å². The van der Waals surface area contributed by atoms with Crippen LogP contribution >= 0.6 is 15.9 Å². The van der Waals surface area contributed by atoms with Gasteiger partial charge in [0.2, 0.25) is 0 Å². The molecule has 0 amide bonds. The summed E-state index contributed by atoms with van der Waals surface area (Å²) in [5.74, 6) is 1.24. The van der Waals surface area contributed by atoms with Crippen LogP contribution < -0.4 is 10.5 Å². The van der Waals surface area contributed by atoms with Crippen LogP contribution in [0.1, 0.15) is 24.5 Å². The van der Waals surface area contributed by atoms with Crippen LogP contribution in [0.4, 0.5) is 0 Å². The van der Waals surface area contributed by atoms with E-state index in [-0.39, 0.29) is 5.84 Å². The largest absolute Gasteiger partial charge is 0.457 e. The molecule has 0 radical (unpaired) electrons. The summed E-state index contributed by atoms with van der Waals surface area (Å²) in [6.45, 7) is 2.15. The van der Waals surface area contributed by atoms with Gasteiger partial charge in [0.05, 0.1) is 5.56 Å². The number of halogens is 1. The highest BCUT2D eigenvalue weighted by atomic mass is 79.9. The summed E-state index contributed by atoms with van der Waals surface area (Å²) in [7, 11) is 0. The lowest BCUT2D eigenvalue weighted by atomic mass is 10.1. The van der Waals surface area contributed by atoms with Crippen LogP contribution in [-0.2, 0) is 6.42 Å². The number of benzene rings is 2. The fourth-order valence-electron chi connectivity index (χ4n) is 2.03. The Labute approximate surface area is 132 Å². The molecule has 0 bridgehead atoms. The van der Waals surface area contributed by atoms with E-state index in [1.54, 1.807) is 6.07 Å². The topological polar surface area (TPSA) is 67.8 Å². The summed E-state index contributed by atoms with van der Waals surface area (Å²) < 4.78 is 6.55. The molecule has 0 unspecified atom stereocenters. The summed E-state index contributed by atoms with van der Waals surface area (Å²) in [5, 5.41) is 11.9. The van der Waals surface area contributed by atoms with Crippen LogP contribution in [-0.4, -0.2) is 11.0 Å². The highest BCUT2D eigenvalue weighted by Crippen LogP contribution is 2.30. The Hall–Kier alpha value is -2.01. The van der Waals surface area contributed by atoms with Gasteiger partial charge in [-0.3, -0.25) is 0 Å². The van der Waals surface area contributed by atoms with Gasteiger partial charge in [-0.15, -0.1) is 0 Å². The first-order chi connectivity index (χ1) is 10.2. The number of nitrogens with two attached hydrogens (primary N) is 1. The molecule has 0 spiro atoms. The van der Waals surface area contributed by atoms with Crippen molar-refractivity contribution < 1.29 is 9.94 Å². The average molecular weight is 349 g/mol. The fourth-order valence-corrected chi connectivity index (χ4v) is 2.58. The Morgan fingerprint density at radius 1 is 1.24 bits per heavy atom. The molecular formula is C16H17BrN2O2. The molecule has 3 N–H and O–H groups in total. The molecule has 0 aromatic heterocycles. The van der Waals surface area contributed by atoms with E-state index in [1.807, 2.05) is 36.4 Å². The second-order valence-corrected chi connectivity index (χ2v) is 5.45. The molecule has 2 rings (SSSR count). The molecule has 2 aromatic rings. The van der Waals surface area contributed by atoms with Gasteiger partial charge in [0.15, 0.2) is 5.84 Å². The Morgan fingerprint density at radius 2 is 1.95 bits per heavy atom. The van der Waals surface area contributed by atoms with Gasteiger partial charge in [0.25, 0.3) is 0 Å². The van der Waals surface area contributed by atoms with Crippen LogP contribution in [0.2, 0.25) is 0 Å². The maximum absolute atomic E-state index is 8.89. The third-order valence-electron chi connectivity index (χ3n) is 3.03. The van der Waals surface area contributed by atoms with Gasteiger partial charge in [0.1, 0.15) is 11.5 Å². The Balaban J connectivity index is 2.29. The Morgan fingerprint density at radius 3 is 2.57 bits per heavy atom. The molecule has 2 aromatic carbocycles. The number of nitrogens with zero attached hydrogens (tertiary/aromatic N) is 1. The van der Waals surface area contributed by atoms with Crippen molar-refractivity contribution in [1.82, 2.24) is 0 Å². The van der Waals surface area contributed by atoms with E-state index < -0.39 is 0 Å². The molecule has 110 valence electrons. The van der Waals surface area contributed by atoms with Gasteiger partial charge in [-0.2, -0.15) is 0 Å². The maximum Gasteiger partial charge on any atom is 0.175 e. The molecule has 5 heteroatoms. The van der Waals surface area contributed by atoms with Crippen LogP contribution in [0.3, 0.4) is 0 Å². The zero-order valence-electron chi connectivity index (χ0n) is 11.7. The number of oxime groups is 1. The van der Waals surface area contributed by atoms with Crippen molar-refractivity contribution in [3.63, 3.8) is 0 Å². The van der Waals surface area contributed by atoms with Crippen molar-refractivity contribution in [1.29, 1.82) is 0 Å². The molecule has 0 aliphatic rings. The zero-order valence-corrected chi connectivity index (χ0v) is 13.3. The van der Waals surface area contributed by atoms with Crippen molar-refractivity contribution in [2.75, 3.05) is 0 Å². The summed E-state index contributed by atoms with van der Waals surface area (Å²) >= 11 is 3.38. The summed E-state index contributed by atoms with van der Waals surface area (Å²) in [4.78, 5) is 0. The monoisotopic (exact) mass is 348 g/mol. The lowest BCUT2D eigenvalue weighted by Crippen LogP contribution is -2.15. The quantitative estimate of drug-likeness (QED) is 0.366. The van der Waals surface area contributed by atoms with E-state index in [0.29, 0.717) is 21.5 Å². The predicted octanol–water partition coefficient (Wildman–Crippen LogP) is 4.29. The van der Waals surface area contributed by atoms with E-state index in [9.17, 15) is 0 Å². The lowest BCUT2D eigenvalue weighted by Gasteiger charge is -2.12. The number of hydrogen-bond acceptors (Lipinski definition) is 3. The van der Waals surface area contributed by atoms with Crippen LogP contribution in [0.5, 0.6) is 11.5 Å². The zero-order chi connectivity index (χ0) is 15.2. The molecule has 0 atom stereocenters. The van der Waals surface area contributed by atoms with Gasteiger partial charge in [-0.05, 0) is 52.2 Å². The molecular weight excluding hydrogens is 332 g/mol. The second-order valence-electron chi connectivity index (χ2n) is 4.59. The number of amidine groups is 1. The third kappa shape index (κ3) is 3.76. The highest BCUT2D eigenvalue weighted by Gasteiger charge is 2.13. The first-order valence-electron chi connectivity index (χ1n) is 6.69. The lowest BCUT2D eigenvalue weighted by molar-refractivity contribution is 0.318. The van der Waals surface area contributed by atoms with Crippen molar-refractivity contribution in [2.24, 2.45) is 10.9 Å². The van der Waals surface area contributed by atoms with Crippen molar-refractivity contribution in [3.8, 4) is 11.5 Å². The number of ether oxygens (including phenoxy) is 1. The summed E-state index contributed by atoms with van der Waals surface area (Å²) in [5.41, 5.74) is 7.50. The first kappa shape index (κ1) is 15.4. The van der Waals surface area contributed by atoms with Crippen molar-refractivity contribution in [3.05, 3.63) is 58.1 Å². The van der Waals surface area contributed by atoms with E-state index >= 15 is 0 Å². The Kier molecular flexibility index (Phi) is 5.22. The number of rotatable bonds is 5. The number of hydrogen-bond donors (Lipinski definition) is 2. The number of aryl methyl sites for hydroxylation is 1. The van der Waals surface area contributed by atoms with Gasteiger partial charge >= 0.3 is 0 Å². The molecule has 4 nitrogen and oxygen atoms in total. The van der Waals surface area contributed by atoms with E-state index in [1.165, 1.54) is 5.56 Å². The SMILES string of the molecule is CCCc1ccc(Oc2cccc(Br)c2/C(N)=N/O)cc1. The van der Waals surface area contributed by atoms with Gasteiger partial charge < -0.3 is 15.7 Å². The smallest absolute Gasteiger partial charge is 0.175 e. The minimum absolute atomic E-state index is 0.0000724. The third-order valence-corrected chi connectivity index (χ3v) is 3.69. The maximum atomic E-state index is 8.89. The molecule has 0 heterocycles. The molecule has 0 saturated heterocycles. The summed E-state index contributed by atoms with van der Waals surface area (Å²) in [6, 6.07) is 13.3. The van der Waals surface area contributed by atoms with Crippen LogP contribution in [0.25, 0.3) is 0 Å². The van der Waals surface area contributed by atoms with Crippen LogP contribution in [0, 0.1) is 0 Å². The molecule has 0 aliphatic heterocycles. The minimum atomic E-state index is 0.0000724. The normalized spacial score (nSPS) is 11.4. The standard InChI is InChI=1S/C16H17BrN2O2/c1-2-4-11-7-9-12(10-8-11)21-14-6-3-5-13(17)15(14)16(18)19-20/h3,5-10,20H,2,4H2,1H3,(H2,18,19). The second kappa shape index (κ2) is 7.13. The fraction of sp³-hybridized carbons (Fsp3) is 0.188. The molecule has 21 heavy (non-hydrogen) atoms. The first-order valence-corrected chi connectivity index (χ1v) is 7.48. The van der Waals surface area contributed by atoms with Gasteiger partial charge in [-0.1, -0.05) is 36.7 Å². The average Bonchev–Trinajstić information content (AvgIpc) is 2.49. The van der Waals surface area contributed by atoms with Gasteiger partial charge in [0, 0.05) is 4.47 Å². The Bertz CT molecular complexity index is 639. The van der Waals surface area contributed by atoms with E-state index in [0.717, 1.165) is 12.8 Å². The van der Waals surface area contributed by atoms with Gasteiger partial charge in [-0.25, -0.2) is 0 Å².